The molecule has 0 heterocycles. The number of carbonyl (C=O) groups excluding carboxylic acids is 2. The molecule has 21 heavy (non-hydrogen) atoms. The van der Waals surface area contributed by atoms with E-state index < -0.39 is 17.3 Å². The zero-order valence-corrected chi connectivity index (χ0v) is 14.1. The van der Waals surface area contributed by atoms with Crippen LogP contribution in [-0.2, 0) is 9.59 Å². The Morgan fingerprint density at radius 2 is 1.86 bits per heavy atom. The average molecular weight is 404 g/mol. The highest BCUT2D eigenvalue weighted by Crippen LogP contribution is 2.19. The maximum Gasteiger partial charge on any atom is 0.337 e. The molecule has 1 aromatic rings. The molecule has 1 rings (SSSR count). The summed E-state index contributed by atoms with van der Waals surface area (Å²) in [5.74, 6) is -1.85. The second kappa shape index (κ2) is 6.88. The first-order chi connectivity index (χ1) is 9.61. The maximum absolute atomic E-state index is 11.8. The zero-order valence-electron chi connectivity index (χ0n) is 12.0. The van der Waals surface area contributed by atoms with E-state index in [1.807, 2.05) is 22.6 Å². The van der Waals surface area contributed by atoms with Gasteiger partial charge in [0.15, 0.2) is 0 Å². The molecule has 0 unspecified atom stereocenters. The Hall–Kier alpha value is -1.64. The molecule has 6 nitrogen and oxygen atoms in total. The van der Waals surface area contributed by atoms with Gasteiger partial charge in [-0.2, -0.15) is 0 Å². The minimum Gasteiger partial charge on any atom is -0.478 e. The summed E-state index contributed by atoms with van der Waals surface area (Å²) >= 11 is 1.99. The van der Waals surface area contributed by atoms with E-state index in [1.165, 1.54) is 12.1 Å². The Labute approximate surface area is 136 Å². The number of aromatic carboxylic acids is 1. The van der Waals surface area contributed by atoms with Crippen molar-refractivity contribution in [1.82, 2.24) is 5.32 Å². The van der Waals surface area contributed by atoms with Gasteiger partial charge in [0, 0.05) is 8.99 Å². The lowest BCUT2D eigenvalue weighted by molar-refractivity contribution is -0.130. The number of benzene rings is 1. The van der Waals surface area contributed by atoms with Gasteiger partial charge < -0.3 is 15.7 Å². The van der Waals surface area contributed by atoms with E-state index in [4.69, 9.17) is 5.11 Å². The number of hydrogen-bond acceptors (Lipinski definition) is 3. The number of anilines is 1. The molecule has 3 N–H and O–H groups in total. The Kier molecular flexibility index (Phi) is 5.70. The van der Waals surface area contributed by atoms with E-state index in [0.29, 0.717) is 0 Å². The normalized spacial score (nSPS) is 10.9. The van der Waals surface area contributed by atoms with Crippen LogP contribution in [0, 0.1) is 8.99 Å². The van der Waals surface area contributed by atoms with Crippen LogP contribution < -0.4 is 10.6 Å². The largest absolute Gasteiger partial charge is 0.478 e. The SMILES string of the molecule is CC(C)(C)C(=O)NCC(=O)Nc1ccc(I)cc1C(=O)O. The number of carboxylic acid groups (broad SMARTS) is 1. The summed E-state index contributed by atoms with van der Waals surface area (Å²) in [5, 5.41) is 14.1. The monoisotopic (exact) mass is 404 g/mol. The van der Waals surface area contributed by atoms with Crippen LogP contribution in [0.4, 0.5) is 5.69 Å². The van der Waals surface area contributed by atoms with Crippen LogP contribution in [0.15, 0.2) is 18.2 Å². The van der Waals surface area contributed by atoms with Gasteiger partial charge in [-0.1, -0.05) is 20.8 Å². The van der Waals surface area contributed by atoms with Gasteiger partial charge in [-0.25, -0.2) is 4.79 Å². The standard InChI is InChI=1S/C14H17IN2O4/c1-14(2,3)13(21)16-7-11(18)17-10-5-4-8(15)6-9(10)12(19)20/h4-6H,7H2,1-3H3,(H,16,21)(H,17,18)(H,19,20). The minimum absolute atomic E-state index is 0.0115. The van der Waals surface area contributed by atoms with Crippen molar-refractivity contribution in [2.45, 2.75) is 20.8 Å². The molecule has 0 aliphatic heterocycles. The summed E-state index contributed by atoms with van der Waals surface area (Å²) in [5.41, 5.74) is -0.370. The fraction of sp³-hybridized carbons (Fsp3) is 0.357. The molecule has 1 aromatic carbocycles. The van der Waals surface area contributed by atoms with Crippen LogP contribution in [0.1, 0.15) is 31.1 Å². The summed E-state index contributed by atoms with van der Waals surface area (Å²) < 4.78 is 0.754. The van der Waals surface area contributed by atoms with Crippen LogP contribution >= 0.6 is 22.6 Å². The molecule has 0 saturated carbocycles. The highest BCUT2D eigenvalue weighted by Gasteiger charge is 2.21. The summed E-state index contributed by atoms with van der Waals surface area (Å²) in [7, 11) is 0. The molecule has 0 fully saturated rings. The van der Waals surface area contributed by atoms with Crippen LogP contribution in [0.5, 0.6) is 0 Å². The third-order valence-corrected chi connectivity index (χ3v) is 3.25. The molecule has 0 saturated heterocycles. The summed E-state index contributed by atoms with van der Waals surface area (Å²) in [6, 6.07) is 4.68. The van der Waals surface area contributed by atoms with Crippen molar-refractivity contribution in [2.75, 3.05) is 11.9 Å². The number of carbonyl (C=O) groups is 3. The number of rotatable bonds is 4. The van der Waals surface area contributed by atoms with Crippen molar-refractivity contribution in [2.24, 2.45) is 5.41 Å². The second-order valence-corrected chi connectivity index (χ2v) is 6.72. The van der Waals surface area contributed by atoms with E-state index in [9.17, 15) is 14.4 Å². The van der Waals surface area contributed by atoms with Crippen LogP contribution in [0.25, 0.3) is 0 Å². The van der Waals surface area contributed by atoms with Crippen molar-refractivity contribution >= 4 is 46.1 Å². The zero-order chi connectivity index (χ0) is 16.2. The van der Waals surface area contributed by atoms with Gasteiger partial charge >= 0.3 is 5.97 Å². The molecular formula is C14H17IN2O4. The van der Waals surface area contributed by atoms with Gasteiger partial charge in [0.25, 0.3) is 0 Å². The maximum atomic E-state index is 11.8. The molecule has 0 aromatic heterocycles. The lowest BCUT2D eigenvalue weighted by Crippen LogP contribution is -2.39. The van der Waals surface area contributed by atoms with E-state index >= 15 is 0 Å². The number of hydrogen-bond donors (Lipinski definition) is 3. The van der Waals surface area contributed by atoms with Crippen molar-refractivity contribution in [3.05, 3.63) is 27.3 Å². The van der Waals surface area contributed by atoms with Gasteiger partial charge in [0.1, 0.15) is 0 Å². The average Bonchev–Trinajstić information content (AvgIpc) is 2.36. The van der Waals surface area contributed by atoms with Crippen LogP contribution in [0.2, 0.25) is 0 Å². The van der Waals surface area contributed by atoms with Crippen molar-refractivity contribution < 1.29 is 19.5 Å². The Bertz CT molecular complexity index is 579. The summed E-state index contributed by atoms with van der Waals surface area (Å²) in [6.07, 6.45) is 0. The molecule has 0 atom stereocenters. The van der Waals surface area contributed by atoms with E-state index in [0.717, 1.165) is 3.57 Å². The smallest absolute Gasteiger partial charge is 0.337 e. The molecule has 0 aliphatic carbocycles. The Morgan fingerprint density at radius 3 is 2.38 bits per heavy atom. The molecule has 2 amide bonds. The number of nitrogens with one attached hydrogen (secondary N) is 2. The first kappa shape index (κ1) is 17.4. The molecule has 114 valence electrons. The third kappa shape index (κ3) is 5.33. The van der Waals surface area contributed by atoms with Gasteiger partial charge in [0.05, 0.1) is 17.8 Å². The van der Waals surface area contributed by atoms with Crippen LogP contribution in [0.3, 0.4) is 0 Å². The molecular weight excluding hydrogens is 387 g/mol. The summed E-state index contributed by atoms with van der Waals surface area (Å²) in [6.45, 7) is 5.01. The molecule has 0 aliphatic rings. The molecule has 0 spiro atoms. The first-order valence-electron chi connectivity index (χ1n) is 6.22. The number of halogens is 1. The van der Waals surface area contributed by atoms with Crippen molar-refractivity contribution in [1.29, 1.82) is 0 Å². The molecule has 0 bridgehead atoms. The van der Waals surface area contributed by atoms with Crippen molar-refractivity contribution in [3.63, 3.8) is 0 Å². The lowest BCUT2D eigenvalue weighted by atomic mass is 9.96. The predicted molar refractivity (Wildman–Crippen MR) is 87.2 cm³/mol. The Balaban J connectivity index is 2.72. The minimum atomic E-state index is -1.12. The van der Waals surface area contributed by atoms with Gasteiger partial charge in [-0.3, -0.25) is 9.59 Å². The van der Waals surface area contributed by atoms with Gasteiger partial charge in [0.2, 0.25) is 11.8 Å². The molecule has 0 radical (unpaired) electrons. The summed E-state index contributed by atoms with van der Waals surface area (Å²) in [4.78, 5) is 34.6. The van der Waals surface area contributed by atoms with E-state index in [2.05, 4.69) is 10.6 Å². The first-order valence-corrected chi connectivity index (χ1v) is 7.30. The fourth-order valence-electron chi connectivity index (χ4n) is 1.42. The topological polar surface area (TPSA) is 95.5 Å². The number of carboxylic acids is 1. The highest BCUT2D eigenvalue weighted by molar-refractivity contribution is 14.1. The van der Waals surface area contributed by atoms with E-state index in [1.54, 1.807) is 26.8 Å². The quantitative estimate of drug-likeness (QED) is 0.670. The lowest BCUT2D eigenvalue weighted by Gasteiger charge is -2.17. The van der Waals surface area contributed by atoms with Crippen LogP contribution in [-0.4, -0.2) is 29.4 Å². The van der Waals surface area contributed by atoms with Crippen molar-refractivity contribution in [3.8, 4) is 0 Å². The van der Waals surface area contributed by atoms with Gasteiger partial charge in [-0.15, -0.1) is 0 Å². The highest BCUT2D eigenvalue weighted by atomic mass is 127. The fourth-order valence-corrected chi connectivity index (χ4v) is 1.91. The third-order valence-electron chi connectivity index (χ3n) is 2.58. The molecule has 7 heteroatoms. The predicted octanol–water partition coefficient (Wildman–Crippen LogP) is 2.09. The Morgan fingerprint density at radius 1 is 1.24 bits per heavy atom. The van der Waals surface area contributed by atoms with Gasteiger partial charge in [-0.05, 0) is 40.8 Å². The number of amides is 2. The second-order valence-electron chi connectivity index (χ2n) is 5.48. The van der Waals surface area contributed by atoms with E-state index in [-0.39, 0.29) is 23.7 Å².